The molecule has 2 aromatic carbocycles. The SMILES string of the molecule is O=C([O-])c1sc(Nc2ccccc2)nc1-c1ccccc1. The highest BCUT2D eigenvalue weighted by atomic mass is 32.1. The number of carboxylic acids is 1. The largest absolute Gasteiger partial charge is 0.544 e. The lowest BCUT2D eigenvalue weighted by Gasteiger charge is -2.01. The molecular weight excluding hydrogens is 284 g/mol. The van der Waals surface area contributed by atoms with Gasteiger partial charge in [-0.15, -0.1) is 0 Å². The highest BCUT2D eigenvalue weighted by Crippen LogP contribution is 2.32. The summed E-state index contributed by atoms with van der Waals surface area (Å²) in [6, 6.07) is 18.7. The first-order chi connectivity index (χ1) is 10.2. The predicted molar refractivity (Wildman–Crippen MR) is 81.6 cm³/mol. The Morgan fingerprint density at radius 1 is 1.00 bits per heavy atom. The highest BCUT2D eigenvalue weighted by molar-refractivity contribution is 7.17. The van der Waals surface area contributed by atoms with E-state index in [4.69, 9.17) is 0 Å². The van der Waals surface area contributed by atoms with E-state index in [1.807, 2.05) is 60.7 Å². The zero-order valence-corrected chi connectivity index (χ0v) is 11.8. The zero-order chi connectivity index (χ0) is 14.7. The molecule has 0 unspecified atom stereocenters. The average molecular weight is 295 g/mol. The van der Waals surface area contributed by atoms with Gasteiger partial charge in [-0.3, -0.25) is 0 Å². The van der Waals surface area contributed by atoms with Crippen LogP contribution in [0.15, 0.2) is 60.7 Å². The van der Waals surface area contributed by atoms with Crippen molar-refractivity contribution in [3.05, 3.63) is 65.5 Å². The molecule has 0 bridgehead atoms. The third-order valence-corrected chi connectivity index (χ3v) is 3.84. The lowest BCUT2D eigenvalue weighted by molar-refractivity contribution is -0.254. The van der Waals surface area contributed by atoms with Gasteiger partial charge in [-0.1, -0.05) is 59.9 Å². The molecule has 0 aliphatic carbocycles. The third kappa shape index (κ3) is 2.93. The first kappa shape index (κ1) is 13.3. The van der Waals surface area contributed by atoms with E-state index in [2.05, 4.69) is 10.3 Å². The standard InChI is InChI=1S/C16H12N2O2S/c19-15(20)14-13(11-7-3-1-4-8-11)18-16(21-14)17-12-9-5-2-6-10-12/h1-10H,(H,17,18)(H,19,20)/p-1. The van der Waals surface area contributed by atoms with Gasteiger partial charge in [0, 0.05) is 11.3 Å². The van der Waals surface area contributed by atoms with E-state index in [-0.39, 0.29) is 4.88 Å². The summed E-state index contributed by atoms with van der Waals surface area (Å²) in [6.45, 7) is 0. The second kappa shape index (κ2) is 5.76. The number of carbonyl (C=O) groups is 1. The van der Waals surface area contributed by atoms with Gasteiger partial charge in [0.2, 0.25) is 0 Å². The van der Waals surface area contributed by atoms with Crippen LogP contribution >= 0.6 is 11.3 Å². The van der Waals surface area contributed by atoms with Gasteiger partial charge in [0.05, 0.1) is 16.5 Å². The van der Waals surface area contributed by atoms with E-state index in [1.54, 1.807) is 0 Å². The van der Waals surface area contributed by atoms with Crippen molar-refractivity contribution in [1.82, 2.24) is 4.98 Å². The van der Waals surface area contributed by atoms with E-state index < -0.39 is 5.97 Å². The number of benzene rings is 2. The molecule has 4 nitrogen and oxygen atoms in total. The summed E-state index contributed by atoms with van der Waals surface area (Å²) in [5.74, 6) is -1.22. The Balaban J connectivity index is 1.99. The number of para-hydroxylation sites is 1. The van der Waals surface area contributed by atoms with Crippen LogP contribution in [0.25, 0.3) is 11.3 Å². The fourth-order valence-electron chi connectivity index (χ4n) is 1.95. The second-order valence-corrected chi connectivity index (χ2v) is 5.34. The van der Waals surface area contributed by atoms with Crippen LogP contribution in [-0.2, 0) is 0 Å². The molecule has 21 heavy (non-hydrogen) atoms. The topological polar surface area (TPSA) is 65.0 Å². The monoisotopic (exact) mass is 295 g/mol. The number of hydrogen-bond donors (Lipinski definition) is 1. The maximum atomic E-state index is 11.3. The Bertz CT molecular complexity index is 754. The second-order valence-electron chi connectivity index (χ2n) is 4.34. The smallest absolute Gasteiger partial charge is 0.188 e. The molecule has 0 aliphatic heterocycles. The normalized spacial score (nSPS) is 10.3. The Kier molecular flexibility index (Phi) is 3.66. The minimum absolute atomic E-state index is 0.125. The van der Waals surface area contributed by atoms with E-state index >= 15 is 0 Å². The van der Waals surface area contributed by atoms with Crippen LogP contribution in [0.4, 0.5) is 10.8 Å². The zero-order valence-electron chi connectivity index (χ0n) is 10.9. The molecule has 1 N–H and O–H groups in total. The van der Waals surface area contributed by atoms with E-state index in [1.165, 1.54) is 0 Å². The average Bonchev–Trinajstić information content (AvgIpc) is 2.93. The first-order valence-electron chi connectivity index (χ1n) is 6.34. The Morgan fingerprint density at radius 2 is 1.62 bits per heavy atom. The number of carbonyl (C=O) groups excluding carboxylic acids is 1. The van der Waals surface area contributed by atoms with Crippen LogP contribution < -0.4 is 10.4 Å². The van der Waals surface area contributed by atoms with Crippen molar-refractivity contribution in [1.29, 1.82) is 0 Å². The minimum Gasteiger partial charge on any atom is -0.544 e. The summed E-state index contributed by atoms with van der Waals surface area (Å²) in [5, 5.41) is 14.9. The van der Waals surface area contributed by atoms with E-state index in [0.717, 1.165) is 22.6 Å². The number of thiazole rings is 1. The van der Waals surface area contributed by atoms with Crippen LogP contribution in [0.1, 0.15) is 9.67 Å². The molecule has 0 aliphatic rings. The molecule has 0 amide bonds. The summed E-state index contributed by atoms with van der Waals surface area (Å²) in [4.78, 5) is 15.8. The van der Waals surface area contributed by atoms with Crippen molar-refractivity contribution in [2.75, 3.05) is 5.32 Å². The number of aromatic carboxylic acids is 1. The molecule has 1 heterocycles. The van der Waals surface area contributed by atoms with Gasteiger partial charge in [-0.25, -0.2) is 4.98 Å². The molecule has 0 atom stereocenters. The molecule has 0 radical (unpaired) electrons. The molecule has 0 saturated carbocycles. The predicted octanol–water partition coefficient (Wildman–Crippen LogP) is 2.92. The van der Waals surface area contributed by atoms with Gasteiger partial charge in [0.1, 0.15) is 0 Å². The van der Waals surface area contributed by atoms with Gasteiger partial charge in [0.25, 0.3) is 0 Å². The summed E-state index contributed by atoms with van der Waals surface area (Å²) < 4.78 is 0. The number of anilines is 2. The summed E-state index contributed by atoms with van der Waals surface area (Å²) in [6.07, 6.45) is 0. The molecular formula is C16H11N2O2S-. The number of hydrogen-bond acceptors (Lipinski definition) is 5. The van der Waals surface area contributed by atoms with Crippen molar-refractivity contribution in [2.45, 2.75) is 0 Å². The van der Waals surface area contributed by atoms with E-state index in [0.29, 0.717) is 10.8 Å². The highest BCUT2D eigenvalue weighted by Gasteiger charge is 2.13. The molecule has 104 valence electrons. The van der Waals surface area contributed by atoms with Gasteiger partial charge in [-0.05, 0) is 12.1 Å². The fourth-order valence-corrected chi connectivity index (χ4v) is 2.79. The number of aromatic nitrogens is 1. The molecule has 0 fully saturated rings. The van der Waals surface area contributed by atoms with Crippen LogP contribution in [-0.4, -0.2) is 11.0 Å². The van der Waals surface area contributed by atoms with Crippen molar-refractivity contribution in [2.24, 2.45) is 0 Å². The van der Waals surface area contributed by atoms with Crippen molar-refractivity contribution in [3.8, 4) is 11.3 Å². The number of carboxylic acid groups (broad SMARTS) is 1. The molecule has 3 rings (SSSR count). The fraction of sp³-hybridized carbons (Fsp3) is 0. The molecule has 3 aromatic rings. The first-order valence-corrected chi connectivity index (χ1v) is 7.15. The summed E-state index contributed by atoms with van der Waals surface area (Å²) >= 11 is 1.07. The maximum Gasteiger partial charge on any atom is 0.188 e. The lowest BCUT2D eigenvalue weighted by atomic mass is 10.1. The van der Waals surface area contributed by atoms with Gasteiger partial charge < -0.3 is 15.2 Å². The summed E-state index contributed by atoms with van der Waals surface area (Å²) in [5.41, 5.74) is 2.05. The number of rotatable bonds is 4. The van der Waals surface area contributed by atoms with Crippen LogP contribution in [0, 0.1) is 0 Å². The number of nitrogens with one attached hydrogen (secondary N) is 1. The van der Waals surface area contributed by atoms with Gasteiger partial charge in [0.15, 0.2) is 5.13 Å². The van der Waals surface area contributed by atoms with Crippen LogP contribution in [0.3, 0.4) is 0 Å². The number of nitrogens with zero attached hydrogens (tertiary/aromatic N) is 1. The molecule has 0 saturated heterocycles. The van der Waals surface area contributed by atoms with Gasteiger partial charge >= 0.3 is 0 Å². The quantitative estimate of drug-likeness (QED) is 0.803. The molecule has 1 aromatic heterocycles. The van der Waals surface area contributed by atoms with E-state index in [9.17, 15) is 9.90 Å². The lowest BCUT2D eigenvalue weighted by Crippen LogP contribution is -2.21. The summed E-state index contributed by atoms with van der Waals surface area (Å²) in [7, 11) is 0. The van der Waals surface area contributed by atoms with Crippen molar-refractivity contribution >= 4 is 28.1 Å². The van der Waals surface area contributed by atoms with Crippen LogP contribution in [0.5, 0.6) is 0 Å². The Hall–Kier alpha value is -2.66. The Morgan fingerprint density at radius 3 is 2.24 bits per heavy atom. The van der Waals surface area contributed by atoms with Gasteiger partial charge in [-0.2, -0.15) is 0 Å². The maximum absolute atomic E-state index is 11.3. The molecule has 5 heteroatoms. The minimum atomic E-state index is -1.22. The third-order valence-electron chi connectivity index (χ3n) is 2.88. The molecule has 0 spiro atoms. The van der Waals surface area contributed by atoms with Crippen molar-refractivity contribution in [3.63, 3.8) is 0 Å². The Labute approximate surface area is 125 Å². The van der Waals surface area contributed by atoms with Crippen molar-refractivity contribution < 1.29 is 9.90 Å². The van der Waals surface area contributed by atoms with Crippen LogP contribution in [0.2, 0.25) is 0 Å².